The van der Waals surface area contributed by atoms with Crippen LogP contribution in [-0.2, 0) is 23.9 Å². The minimum Gasteiger partial charge on any atom is -0.329 e. The number of carbonyl (C=O) groups is 1. The number of Topliss-reactive ketones (excluding diaryl/α,β-unsaturated/α-hetero) is 1. The molecule has 0 aliphatic rings. The molecule has 1 aromatic carbocycles. The highest BCUT2D eigenvalue weighted by Gasteiger charge is 2.38. The van der Waals surface area contributed by atoms with E-state index in [2.05, 4.69) is 19.8 Å². The van der Waals surface area contributed by atoms with E-state index in [1.807, 2.05) is 13.0 Å². The summed E-state index contributed by atoms with van der Waals surface area (Å²) in [5.41, 5.74) is 2.00. The Morgan fingerprint density at radius 3 is 2.48 bits per heavy atom. The fourth-order valence-electron chi connectivity index (χ4n) is 2.24. The molecule has 0 aliphatic heterocycles. The van der Waals surface area contributed by atoms with E-state index in [4.69, 9.17) is 0 Å². The van der Waals surface area contributed by atoms with Gasteiger partial charge in [0.25, 0.3) is 0 Å². The molecule has 0 saturated heterocycles. The van der Waals surface area contributed by atoms with Gasteiger partial charge in [0.05, 0.1) is 0 Å². The van der Waals surface area contributed by atoms with E-state index < -0.39 is 12.1 Å². The van der Waals surface area contributed by atoms with E-state index in [0.29, 0.717) is 5.56 Å². The lowest BCUT2D eigenvalue weighted by atomic mass is 10.1. The van der Waals surface area contributed by atoms with E-state index in [1.165, 1.54) is 0 Å². The van der Waals surface area contributed by atoms with Crippen LogP contribution >= 0.6 is 0 Å². The summed E-state index contributed by atoms with van der Waals surface area (Å²) in [5, 5.41) is 7.37. The molecular formula is C16H13F3N4O2. The Morgan fingerprint density at radius 2 is 1.92 bits per heavy atom. The highest BCUT2D eigenvalue weighted by molar-refractivity contribution is 5.80. The zero-order valence-corrected chi connectivity index (χ0v) is 13.1. The van der Waals surface area contributed by atoms with Crippen molar-refractivity contribution in [1.29, 1.82) is 0 Å². The van der Waals surface area contributed by atoms with Gasteiger partial charge in [-0.05, 0) is 18.6 Å². The van der Waals surface area contributed by atoms with Crippen LogP contribution in [0.15, 0.2) is 41.1 Å². The number of rotatable bonds is 5. The van der Waals surface area contributed by atoms with E-state index in [9.17, 15) is 18.0 Å². The summed E-state index contributed by atoms with van der Waals surface area (Å²) < 4.78 is 43.2. The Kier molecular flexibility index (Phi) is 4.39. The van der Waals surface area contributed by atoms with Gasteiger partial charge in [0.2, 0.25) is 5.82 Å². The number of halogens is 3. The number of hydrogen-bond acceptors (Lipinski definition) is 5. The molecule has 9 heteroatoms. The Labute approximate surface area is 140 Å². The fourth-order valence-corrected chi connectivity index (χ4v) is 2.24. The maximum absolute atomic E-state index is 12.5. The zero-order valence-electron chi connectivity index (χ0n) is 13.1. The third-order valence-corrected chi connectivity index (χ3v) is 3.54. The zero-order chi connectivity index (χ0) is 18.0. The molecular weight excluding hydrogens is 337 g/mol. The smallest absolute Gasteiger partial charge is 0.329 e. The molecule has 0 spiro atoms. The van der Waals surface area contributed by atoms with Gasteiger partial charge in [-0.15, -0.1) is 0 Å². The van der Waals surface area contributed by atoms with Gasteiger partial charge in [-0.2, -0.15) is 23.3 Å². The normalized spacial score (nSPS) is 11.7. The first-order chi connectivity index (χ1) is 11.8. The Balaban J connectivity index is 1.67. The molecule has 0 fully saturated rings. The molecule has 0 N–H and O–H groups in total. The average molecular weight is 350 g/mol. The van der Waals surface area contributed by atoms with Crippen LogP contribution in [0.5, 0.6) is 0 Å². The fraction of sp³-hybridized carbons (Fsp3) is 0.250. The minimum absolute atomic E-state index is 0.0292. The number of nitrogens with zero attached hydrogens (tertiary/aromatic N) is 4. The molecule has 3 rings (SSSR count). The monoisotopic (exact) mass is 350 g/mol. The summed E-state index contributed by atoms with van der Waals surface area (Å²) >= 11 is 0. The van der Waals surface area contributed by atoms with Crippen molar-refractivity contribution in [1.82, 2.24) is 19.9 Å². The van der Waals surface area contributed by atoms with Gasteiger partial charge in [0.1, 0.15) is 6.54 Å². The van der Waals surface area contributed by atoms with Crippen molar-refractivity contribution in [3.63, 3.8) is 0 Å². The van der Waals surface area contributed by atoms with Gasteiger partial charge in [-0.3, -0.25) is 9.48 Å². The number of carbonyl (C=O) groups excluding carboxylic acids is 1. The Bertz CT molecular complexity index is 881. The SMILES string of the molecule is Cc1ccnn1CC(=O)Cc1ccc(-c2noc(C(F)(F)F)n2)cc1. The molecule has 0 unspecified atom stereocenters. The van der Waals surface area contributed by atoms with E-state index >= 15 is 0 Å². The van der Waals surface area contributed by atoms with Crippen LogP contribution in [0.1, 0.15) is 17.1 Å². The van der Waals surface area contributed by atoms with Gasteiger partial charge in [0.15, 0.2) is 5.78 Å². The van der Waals surface area contributed by atoms with Crippen LogP contribution < -0.4 is 0 Å². The van der Waals surface area contributed by atoms with Crippen molar-refractivity contribution < 1.29 is 22.5 Å². The number of alkyl halides is 3. The summed E-state index contributed by atoms with van der Waals surface area (Å²) in [6.07, 6.45) is -2.86. The number of aryl methyl sites for hydroxylation is 1. The third kappa shape index (κ3) is 3.93. The highest BCUT2D eigenvalue weighted by atomic mass is 19.4. The quantitative estimate of drug-likeness (QED) is 0.707. The van der Waals surface area contributed by atoms with Crippen molar-refractivity contribution in [2.45, 2.75) is 26.1 Å². The summed E-state index contributed by atoms with van der Waals surface area (Å²) in [6.45, 7) is 2.02. The molecule has 25 heavy (non-hydrogen) atoms. The van der Waals surface area contributed by atoms with E-state index in [1.54, 1.807) is 35.1 Å². The van der Waals surface area contributed by atoms with Crippen LogP contribution in [0.3, 0.4) is 0 Å². The lowest BCUT2D eigenvalue weighted by Gasteiger charge is -2.04. The van der Waals surface area contributed by atoms with Crippen molar-refractivity contribution in [3.8, 4) is 11.4 Å². The lowest BCUT2D eigenvalue weighted by molar-refractivity contribution is -0.159. The average Bonchev–Trinajstić information content (AvgIpc) is 3.18. The van der Waals surface area contributed by atoms with Gasteiger partial charge in [-0.1, -0.05) is 29.4 Å². The van der Waals surface area contributed by atoms with Crippen LogP contribution in [-0.4, -0.2) is 25.7 Å². The van der Waals surface area contributed by atoms with Crippen LogP contribution in [0.4, 0.5) is 13.2 Å². The molecule has 6 nitrogen and oxygen atoms in total. The summed E-state index contributed by atoms with van der Waals surface area (Å²) in [6, 6.07) is 8.20. The first-order valence-electron chi connectivity index (χ1n) is 7.33. The topological polar surface area (TPSA) is 73.8 Å². The van der Waals surface area contributed by atoms with Crippen LogP contribution in [0.25, 0.3) is 11.4 Å². The largest absolute Gasteiger partial charge is 0.471 e. The molecule has 2 aromatic heterocycles. The number of benzene rings is 1. The number of aromatic nitrogens is 4. The van der Waals surface area contributed by atoms with Crippen LogP contribution in [0.2, 0.25) is 0 Å². The van der Waals surface area contributed by atoms with Crippen molar-refractivity contribution in [2.75, 3.05) is 0 Å². The van der Waals surface area contributed by atoms with Gasteiger partial charge < -0.3 is 4.52 Å². The first-order valence-corrected chi connectivity index (χ1v) is 7.33. The Hall–Kier alpha value is -2.97. The molecule has 0 amide bonds. The number of ketones is 1. The minimum atomic E-state index is -4.68. The summed E-state index contributed by atoms with van der Waals surface area (Å²) in [7, 11) is 0. The second-order valence-electron chi connectivity index (χ2n) is 5.46. The molecule has 0 atom stereocenters. The molecule has 0 aliphatic carbocycles. The first kappa shape index (κ1) is 16.9. The van der Waals surface area contributed by atoms with Crippen LogP contribution in [0, 0.1) is 6.92 Å². The van der Waals surface area contributed by atoms with Crippen molar-refractivity contribution in [3.05, 3.63) is 53.7 Å². The molecule has 0 bridgehead atoms. The molecule has 0 radical (unpaired) electrons. The second-order valence-corrected chi connectivity index (χ2v) is 5.46. The van der Waals surface area contributed by atoms with Gasteiger partial charge in [0, 0.05) is 23.9 Å². The highest BCUT2D eigenvalue weighted by Crippen LogP contribution is 2.29. The van der Waals surface area contributed by atoms with E-state index in [-0.39, 0.29) is 24.6 Å². The lowest BCUT2D eigenvalue weighted by Crippen LogP contribution is -2.14. The third-order valence-electron chi connectivity index (χ3n) is 3.54. The maximum atomic E-state index is 12.5. The van der Waals surface area contributed by atoms with Gasteiger partial charge in [-0.25, -0.2) is 0 Å². The standard InChI is InChI=1S/C16H13F3N4O2/c1-10-6-7-20-23(10)9-13(24)8-11-2-4-12(5-3-11)14-21-15(25-22-14)16(17,18)19/h2-7H,8-9H2,1H3. The molecule has 2 heterocycles. The predicted octanol–water partition coefficient (Wildman–Crippen LogP) is 3.07. The summed E-state index contributed by atoms with van der Waals surface area (Å²) in [4.78, 5) is 15.4. The van der Waals surface area contributed by atoms with Crippen molar-refractivity contribution >= 4 is 5.78 Å². The molecule has 0 saturated carbocycles. The predicted molar refractivity (Wildman–Crippen MR) is 80.4 cm³/mol. The van der Waals surface area contributed by atoms with E-state index in [0.717, 1.165) is 11.3 Å². The summed E-state index contributed by atoms with van der Waals surface area (Å²) in [5.74, 6) is -1.58. The molecule has 3 aromatic rings. The number of hydrogen-bond donors (Lipinski definition) is 0. The second kappa shape index (κ2) is 6.50. The van der Waals surface area contributed by atoms with Crippen molar-refractivity contribution in [2.24, 2.45) is 0 Å². The Morgan fingerprint density at radius 1 is 1.20 bits per heavy atom. The maximum Gasteiger partial charge on any atom is 0.471 e. The van der Waals surface area contributed by atoms with Gasteiger partial charge >= 0.3 is 12.1 Å². The molecule has 130 valence electrons.